The van der Waals surface area contributed by atoms with Gasteiger partial charge in [0.25, 0.3) is 0 Å². The molecule has 124 valence electrons. The molecule has 1 aliphatic heterocycles. The molecule has 0 N–H and O–H groups in total. The van der Waals surface area contributed by atoms with E-state index in [1.54, 1.807) is 0 Å². The van der Waals surface area contributed by atoms with Crippen LogP contribution in [0, 0.1) is 0 Å². The highest BCUT2D eigenvalue weighted by Crippen LogP contribution is 2.26. The van der Waals surface area contributed by atoms with Gasteiger partial charge in [0, 0.05) is 32.6 Å². The van der Waals surface area contributed by atoms with Crippen LogP contribution in [0.2, 0.25) is 5.02 Å². The number of rotatable bonds is 6. The molecule has 0 saturated carbocycles. The van der Waals surface area contributed by atoms with Crippen LogP contribution in [0.25, 0.3) is 0 Å². The molecule has 23 heavy (non-hydrogen) atoms. The molecule has 1 fully saturated rings. The number of anilines is 1. The van der Waals surface area contributed by atoms with Crippen molar-refractivity contribution in [3.8, 4) is 0 Å². The summed E-state index contributed by atoms with van der Waals surface area (Å²) in [5, 5.41) is 4.87. The second kappa shape index (κ2) is 7.79. The monoisotopic (exact) mass is 334 g/mol. The van der Waals surface area contributed by atoms with Crippen LogP contribution < -0.4 is 4.90 Å². The Bertz CT molecular complexity index is 623. The Balaban J connectivity index is 1.51. The van der Waals surface area contributed by atoms with E-state index in [9.17, 15) is 0 Å². The number of benzene rings is 1. The van der Waals surface area contributed by atoms with Crippen LogP contribution in [0.4, 0.5) is 5.69 Å². The van der Waals surface area contributed by atoms with Crippen molar-refractivity contribution >= 4 is 17.3 Å². The summed E-state index contributed by atoms with van der Waals surface area (Å²) >= 11 is 6.28. The van der Waals surface area contributed by atoms with Gasteiger partial charge in [0.15, 0.2) is 5.82 Å². The van der Waals surface area contributed by atoms with E-state index < -0.39 is 0 Å². The third-order valence-corrected chi connectivity index (χ3v) is 4.51. The summed E-state index contributed by atoms with van der Waals surface area (Å²) in [6.45, 7) is 6.76. The first kappa shape index (κ1) is 16.3. The molecule has 2 aromatic rings. The van der Waals surface area contributed by atoms with E-state index >= 15 is 0 Å². The van der Waals surface area contributed by atoms with E-state index in [2.05, 4.69) is 32.9 Å². The zero-order valence-electron chi connectivity index (χ0n) is 13.5. The van der Waals surface area contributed by atoms with Crippen LogP contribution in [0.3, 0.4) is 0 Å². The Morgan fingerprint density at radius 3 is 2.70 bits per heavy atom. The average Bonchev–Trinajstić information content (AvgIpc) is 3.02. The molecule has 0 radical (unpaired) electrons. The van der Waals surface area contributed by atoms with Gasteiger partial charge in [-0.05, 0) is 18.6 Å². The molecule has 0 aliphatic carbocycles. The first-order chi connectivity index (χ1) is 11.3. The van der Waals surface area contributed by atoms with Crippen molar-refractivity contribution in [3.05, 3.63) is 41.0 Å². The highest BCUT2D eigenvalue weighted by Gasteiger charge is 2.20. The normalized spacial score (nSPS) is 16.0. The standard InChI is InChI=1S/C17H23ClN4O/c1-2-3-8-16-19-17(23-20-16)13-21-9-11-22(12-10-21)15-7-5-4-6-14(15)18/h4-7H,2-3,8-13H2,1H3. The fraction of sp³-hybridized carbons (Fsp3) is 0.529. The highest BCUT2D eigenvalue weighted by molar-refractivity contribution is 6.33. The third kappa shape index (κ3) is 4.24. The van der Waals surface area contributed by atoms with Gasteiger partial charge in [-0.2, -0.15) is 4.98 Å². The number of aromatic nitrogens is 2. The van der Waals surface area contributed by atoms with E-state index in [4.69, 9.17) is 16.1 Å². The maximum Gasteiger partial charge on any atom is 0.240 e. The van der Waals surface area contributed by atoms with Crippen LogP contribution in [-0.4, -0.2) is 41.2 Å². The molecule has 5 nitrogen and oxygen atoms in total. The fourth-order valence-electron chi connectivity index (χ4n) is 2.84. The summed E-state index contributed by atoms with van der Waals surface area (Å²) in [6.07, 6.45) is 3.16. The minimum atomic E-state index is 0.724. The van der Waals surface area contributed by atoms with Crippen LogP contribution in [-0.2, 0) is 13.0 Å². The molecule has 0 bridgehead atoms. The second-order valence-corrected chi connectivity index (χ2v) is 6.33. The number of para-hydroxylation sites is 1. The number of unbranched alkanes of at least 4 members (excludes halogenated alkanes) is 1. The van der Waals surface area contributed by atoms with Gasteiger partial charge in [-0.1, -0.05) is 42.2 Å². The molecule has 1 aromatic heterocycles. The summed E-state index contributed by atoms with van der Waals surface area (Å²) in [4.78, 5) is 9.16. The van der Waals surface area contributed by atoms with Crippen molar-refractivity contribution < 1.29 is 4.52 Å². The molecule has 6 heteroatoms. The topological polar surface area (TPSA) is 45.4 Å². The third-order valence-electron chi connectivity index (χ3n) is 4.19. The fourth-order valence-corrected chi connectivity index (χ4v) is 3.09. The molecular weight excluding hydrogens is 312 g/mol. The maximum absolute atomic E-state index is 6.28. The Hall–Kier alpha value is -1.59. The Kier molecular flexibility index (Phi) is 5.51. The Morgan fingerprint density at radius 1 is 1.17 bits per heavy atom. The molecule has 1 aliphatic rings. The first-order valence-corrected chi connectivity index (χ1v) is 8.67. The number of nitrogens with zero attached hydrogens (tertiary/aromatic N) is 4. The minimum Gasteiger partial charge on any atom is -0.368 e. The van der Waals surface area contributed by atoms with Crippen LogP contribution in [0.1, 0.15) is 31.5 Å². The van der Waals surface area contributed by atoms with Crippen LogP contribution >= 0.6 is 11.6 Å². The van der Waals surface area contributed by atoms with Crippen molar-refractivity contribution in [1.82, 2.24) is 15.0 Å². The molecule has 3 rings (SSSR count). The zero-order chi connectivity index (χ0) is 16.1. The minimum absolute atomic E-state index is 0.724. The maximum atomic E-state index is 6.28. The number of aryl methyl sites for hydroxylation is 1. The molecule has 0 amide bonds. The van der Waals surface area contributed by atoms with Gasteiger partial charge in [0.05, 0.1) is 17.3 Å². The van der Waals surface area contributed by atoms with Gasteiger partial charge in [-0.3, -0.25) is 4.90 Å². The quantitative estimate of drug-likeness (QED) is 0.810. The van der Waals surface area contributed by atoms with Crippen molar-refractivity contribution in [3.63, 3.8) is 0 Å². The van der Waals surface area contributed by atoms with Crippen molar-refractivity contribution in [2.75, 3.05) is 31.1 Å². The van der Waals surface area contributed by atoms with Crippen molar-refractivity contribution in [2.24, 2.45) is 0 Å². The summed E-state index contributed by atoms with van der Waals surface area (Å²) < 4.78 is 5.36. The number of hydrogen-bond acceptors (Lipinski definition) is 5. The lowest BCUT2D eigenvalue weighted by atomic mass is 10.2. The van der Waals surface area contributed by atoms with E-state index in [1.807, 2.05) is 18.2 Å². The molecule has 0 spiro atoms. The van der Waals surface area contributed by atoms with E-state index in [0.29, 0.717) is 0 Å². The first-order valence-electron chi connectivity index (χ1n) is 8.29. The zero-order valence-corrected chi connectivity index (χ0v) is 14.3. The molecule has 0 unspecified atom stereocenters. The smallest absolute Gasteiger partial charge is 0.240 e. The lowest BCUT2D eigenvalue weighted by molar-refractivity contribution is 0.215. The number of hydrogen-bond donors (Lipinski definition) is 0. The lowest BCUT2D eigenvalue weighted by Crippen LogP contribution is -2.46. The van der Waals surface area contributed by atoms with Gasteiger partial charge in [-0.25, -0.2) is 0 Å². The largest absolute Gasteiger partial charge is 0.368 e. The van der Waals surface area contributed by atoms with E-state index in [1.165, 1.54) is 0 Å². The van der Waals surface area contributed by atoms with E-state index in [-0.39, 0.29) is 0 Å². The van der Waals surface area contributed by atoms with Gasteiger partial charge in [0.2, 0.25) is 5.89 Å². The van der Waals surface area contributed by atoms with Crippen LogP contribution in [0.5, 0.6) is 0 Å². The molecule has 2 heterocycles. The molecule has 1 saturated heterocycles. The predicted octanol–water partition coefficient (Wildman–Crippen LogP) is 3.39. The van der Waals surface area contributed by atoms with Gasteiger partial charge in [-0.15, -0.1) is 0 Å². The summed E-state index contributed by atoms with van der Waals surface area (Å²) in [6, 6.07) is 8.02. The lowest BCUT2D eigenvalue weighted by Gasteiger charge is -2.35. The SMILES string of the molecule is CCCCc1noc(CN2CCN(c3ccccc3Cl)CC2)n1. The van der Waals surface area contributed by atoms with Gasteiger partial charge >= 0.3 is 0 Å². The van der Waals surface area contributed by atoms with Crippen molar-refractivity contribution in [2.45, 2.75) is 32.7 Å². The molecular formula is C17H23ClN4O. The van der Waals surface area contributed by atoms with Crippen molar-refractivity contribution in [1.29, 1.82) is 0 Å². The highest BCUT2D eigenvalue weighted by atomic mass is 35.5. The van der Waals surface area contributed by atoms with Gasteiger partial charge < -0.3 is 9.42 Å². The molecule has 0 atom stereocenters. The Morgan fingerprint density at radius 2 is 1.96 bits per heavy atom. The molecule has 1 aromatic carbocycles. The van der Waals surface area contributed by atoms with Gasteiger partial charge in [0.1, 0.15) is 0 Å². The number of halogens is 1. The summed E-state index contributed by atoms with van der Waals surface area (Å²) in [7, 11) is 0. The predicted molar refractivity (Wildman–Crippen MR) is 91.9 cm³/mol. The summed E-state index contributed by atoms with van der Waals surface area (Å²) in [5.41, 5.74) is 1.12. The van der Waals surface area contributed by atoms with Crippen LogP contribution in [0.15, 0.2) is 28.8 Å². The Labute approximate surface area is 142 Å². The van der Waals surface area contributed by atoms with E-state index in [0.717, 1.165) is 74.4 Å². The average molecular weight is 335 g/mol. The second-order valence-electron chi connectivity index (χ2n) is 5.92. The summed E-state index contributed by atoms with van der Waals surface area (Å²) in [5.74, 6) is 1.55. The number of piperazine rings is 1.